The molecule has 4 saturated carbocycles. The summed E-state index contributed by atoms with van der Waals surface area (Å²) in [7, 11) is 0. The molecule has 4 aliphatic rings. The topological polar surface area (TPSA) is 66.4 Å². The Hall–Kier alpha value is -1.06. The summed E-state index contributed by atoms with van der Waals surface area (Å²) >= 11 is 0. The molecular weight excluding hydrogens is 266 g/mol. The van der Waals surface area contributed by atoms with Crippen LogP contribution >= 0.6 is 0 Å². The zero-order chi connectivity index (χ0) is 14.6. The van der Waals surface area contributed by atoms with Gasteiger partial charge in [0.05, 0.1) is 5.92 Å². The van der Waals surface area contributed by atoms with Crippen LogP contribution in [0.2, 0.25) is 0 Å². The number of carbonyl (C=O) groups is 2. The molecule has 116 valence electrons. The molecule has 0 saturated heterocycles. The van der Waals surface area contributed by atoms with Crippen molar-refractivity contribution in [3.8, 4) is 0 Å². The maximum Gasteiger partial charge on any atom is 0.306 e. The van der Waals surface area contributed by atoms with Gasteiger partial charge in [-0.3, -0.25) is 9.59 Å². The second-order valence-corrected chi connectivity index (χ2v) is 7.81. The maximum atomic E-state index is 12.4. The quantitative estimate of drug-likeness (QED) is 0.839. The minimum atomic E-state index is -0.737. The van der Waals surface area contributed by atoms with Crippen LogP contribution in [0, 0.1) is 35.5 Å². The maximum absolute atomic E-state index is 12.4. The van der Waals surface area contributed by atoms with Crippen LogP contribution in [0.3, 0.4) is 0 Å². The van der Waals surface area contributed by atoms with Gasteiger partial charge in [-0.2, -0.15) is 0 Å². The van der Waals surface area contributed by atoms with E-state index in [1.54, 1.807) is 0 Å². The highest BCUT2D eigenvalue weighted by molar-refractivity contribution is 5.81. The Morgan fingerprint density at radius 3 is 2.38 bits per heavy atom. The van der Waals surface area contributed by atoms with Crippen molar-refractivity contribution in [1.29, 1.82) is 0 Å². The lowest BCUT2D eigenvalue weighted by Gasteiger charge is -2.32. The molecule has 5 unspecified atom stereocenters. The van der Waals surface area contributed by atoms with Crippen molar-refractivity contribution in [2.24, 2.45) is 35.5 Å². The Morgan fingerprint density at radius 2 is 1.62 bits per heavy atom. The molecule has 21 heavy (non-hydrogen) atoms. The fourth-order valence-corrected chi connectivity index (χ4v) is 5.98. The second-order valence-electron chi connectivity index (χ2n) is 7.81. The van der Waals surface area contributed by atoms with E-state index in [1.165, 1.54) is 32.1 Å². The van der Waals surface area contributed by atoms with Crippen molar-refractivity contribution in [2.45, 2.75) is 57.4 Å². The largest absolute Gasteiger partial charge is 0.481 e. The predicted octanol–water partition coefficient (Wildman–Crippen LogP) is 2.43. The molecule has 0 aromatic carbocycles. The molecule has 4 aliphatic carbocycles. The molecule has 0 radical (unpaired) electrons. The highest BCUT2D eigenvalue weighted by atomic mass is 16.4. The monoisotopic (exact) mass is 291 g/mol. The van der Waals surface area contributed by atoms with Crippen molar-refractivity contribution in [2.75, 3.05) is 0 Å². The molecule has 4 rings (SSSR count). The number of hydrogen-bond acceptors (Lipinski definition) is 2. The number of rotatable bonds is 3. The van der Waals surface area contributed by atoms with Gasteiger partial charge in [0.15, 0.2) is 0 Å². The predicted molar refractivity (Wildman–Crippen MR) is 77.4 cm³/mol. The van der Waals surface area contributed by atoms with Crippen LogP contribution in [0.4, 0.5) is 0 Å². The van der Waals surface area contributed by atoms with Crippen LogP contribution in [0.25, 0.3) is 0 Å². The Labute approximate surface area is 125 Å². The number of amides is 1. The van der Waals surface area contributed by atoms with Gasteiger partial charge in [0.2, 0.25) is 5.91 Å². The van der Waals surface area contributed by atoms with Gasteiger partial charge < -0.3 is 10.4 Å². The lowest BCUT2D eigenvalue weighted by molar-refractivity contribution is -0.141. The molecule has 0 spiro atoms. The highest BCUT2D eigenvalue weighted by Crippen LogP contribution is 2.58. The summed E-state index contributed by atoms with van der Waals surface area (Å²) in [6, 6.07) is 0.380. The SMILES string of the molecule is O=C(O)[C@@H]1CC[C@H](C(=O)NC2CC3CC2C2CCCC32)C1. The van der Waals surface area contributed by atoms with Crippen LogP contribution in [-0.2, 0) is 9.59 Å². The molecule has 4 fully saturated rings. The van der Waals surface area contributed by atoms with E-state index < -0.39 is 5.97 Å². The normalized spacial score (nSPS) is 47.5. The Balaban J connectivity index is 1.35. The molecule has 0 aliphatic heterocycles. The van der Waals surface area contributed by atoms with Gasteiger partial charge in [-0.05, 0) is 68.6 Å². The number of carboxylic acid groups (broad SMARTS) is 1. The van der Waals surface area contributed by atoms with E-state index in [2.05, 4.69) is 5.32 Å². The molecule has 0 aromatic heterocycles. The van der Waals surface area contributed by atoms with Crippen LogP contribution < -0.4 is 5.32 Å². The lowest BCUT2D eigenvalue weighted by Crippen LogP contribution is -2.44. The summed E-state index contributed by atoms with van der Waals surface area (Å²) in [5, 5.41) is 12.3. The molecule has 1 amide bonds. The smallest absolute Gasteiger partial charge is 0.306 e. The Morgan fingerprint density at radius 1 is 0.857 bits per heavy atom. The van der Waals surface area contributed by atoms with Crippen molar-refractivity contribution < 1.29 is 14.7 Å². The lowest BCUT2D eigenvalue weighted by atomic mass is 9.79. The number of fused-ring (bicyclic) bond motifs is 5. The van der Waals surface area contributed by atoms with E-state index >= 15 is 0 Å². The minimum Gasteiger partial charge on any atom is -0.481 e. The molecule has 2 bridgehead atoms. The summed E-state index contributed by atoms with van der Waals surface area (Å²) in [5.41, 5.74) is 0. The van der Waals surface area contributed by atoms with Gasteiger partial charge in [-0.15, -0.1) is 0 Å². The summed E-state index contributed by atoms with van der Waals surface area (Å²) < 4.78 is 0. The first-order valence-electron chi connectivity index (χ1n) is 8.66. The van der Waals surface area contributed by atoms with Gasteiger partial charge in [0.25, 0.3) is 0 Å². The zero-order valence-electron chi connectivity index (χ0n) is 12.5. The van der Waals surface area contributed by atoms with Crippen molar-refractivity contribution >= 4 is 11.9 Å². The third kappa shape index (κ3) is 2.18. The number of hydrogen-bond donors (Lipinski definition) is 2. The molecule has 4 heteroatoms. The molecule has 0 heterocycles. The number of carbonyl (C=O) groups excluding carboxylic acids is 1. The Kier molecular flexibility index (Phi) is 3.23. The molecule has 0 aromatic rings. The fourth-order valence-electron chi connectivity index (χ4n) is 5.98. The molecule has 7 atom stereocenters. The van der Waals surface area contributed by atoms with Gasteiger partial charge in [0.1, 0.15) is 0 Å². The third-order valence-corrected chi connectivity index (χ3v) is 6.91. The van der Waals surface area contributed by atoms with E-state index in [-0.39, 0.29) is 17.7 Å². The summed E-state index contributed by atoms with van der Waals surface area (Å²) in [6.07, 6.45) is 8.60. The number of nitrogens with one attached hydrogen (secondary N) is 1. The standard InChI is InChI=1S/C17H25NO3/c19-16(9-4-5-10(6-9)17(20)21)18-15-8-11-7-14(15)13-3-1-2-12(11)13/h9-15H,1-8H2,(H,18,19)(H,20,21)/t9-,10+,11?,12?,13?,14?,15?/m0/s1. The zero-order valence-corrected chi connectivity index (χ0v) is 12.5. The molecule has 4 nitrogen and oxygen atoms in total. The van der Waals surface area contributed by atoms with Crippen LogP contribution in [0.1, 0.15) is 51.4 Å². The van der Waals surface area contributed by atoms with Crippen molar-refractivity contribution in [3.05, 3.63) is 0 Å². The average molecular weight is 291 g/mol. The summed E-state index contributed by atoms with van der Waals surface area (Å²) in [4.78, 5) is 23.4. The van der Waals surface area contributed by atoms with Gasteiger partial charge >= 0.3 is 5.97 Å². The second kappa shape index (κ2) is 4.99. The summed E-state index contributed by atoms with van der Waals surface area (Å²) in [5.74, 6) is 2.40. The highest BCUT2D eigenvalue weighted by Gasteiger charge is 2.54. The average Bonchev–Trinajstić information content (AvgIpc) is 3.20. The minimum absolute atomic E-state index is 0.0652. The summed E-state index contributed by atoms with van der Waals surface area (Å²) in [6.45, 7) is 0. The number of aliphatic carboxylic acids is 1. The van der Waals surface area contributed by atoms with E-state index in [4.69, 9.17) is 5.11 Å². The first kappa shape index (κ1) is 13.6. The van der Waals surface area contributed by atoms with E-state index in [1.807, 2.05) is 0 Å². The van der Waals surface area contributed by atoms with Crippen LogP contribution in [-0.4, -0.2) is 23.0 Å². The van der Waals surface area contributed by atoms with Crippen molar-refractivity contribution in [1.82, 2.24) is 5.32 Å². The number of carboxylic acids is 1. The Bertz CT molecular complexity index is 463. The molecule has 2 N–H and O–H groups in total. The van der Waals surface area contributed by atoms with E-state index in [0.717, 1.165) is 24.2 Å². The van der Waals surface area contributed by atoms with Crippen molar-refractivity contribution in [3.63, 3.8) is 0 Å². The molecular formula is C17H25NO3. The van der Waals surface area contributed by atoms with Gasteiger partial charge in [-0.1, -0.05) is 6.42 Å². The van der Waals surface area contributed by atoms with Gasteiger partial charge in [-0.25, -0.2) is 0 Å². The van der Waals surface area contributed by atoms with Gasteiger partial charge in [0, 0.05) is 12.0 Å². The third-order valence-electron chi connectivity index (χ3n) is 6.91. The fraction of sp³-hybridized carbons (Fsp3) is 0.882. The first-order chi connectivity index (χ1) is 10.1. The van der Waals surface area contributed by atoms with Crippen LogP contribution in [0.5, 0.6) is 0 Å². The first-order valence-corrected chi connectivity index (χ1v) is 8.66. The van der Waals surface area contributed by atoms with E-state index in [0.29, 0.717) is 24.8 Å². The van der Waals surface area contributed by atoms with E-state index in [9.17, 15) is 9.59 Å². The van der Waals surface area contributed by atoms with Crippen LogP contribution in [0.15, 0.2) is 0 Å².